The third-order valence-electron chi connectivity index (χ3n) is 2.47. The molecule has 0 radical (unpaired) electrons. The third-order valence-corrected chi connectivity index (χ3v) is 2.47. The van der Waals surface area contributed by atoms with Gasteiger partial charge >= 0.3 is 0 Å². The molecule has 0 spiro atoms. The molecule has 2 aromatic heterocycles. The van der Waals surface area contributed by atoms with E-state index in [9.17, 15) is 4.79 Å². The molecular formula is C13H15ClN4O2. The Hall–Kier alpha value is -2.34. The molecule has 7 heteroatoms. The van der Waals surface area contributed by atoms with Gasteiger partial charge in [0.2, 0.25) is 5.91 Å². The fourth-order valence-electron chi connectivity index (χ4n) is 1.60. The molecule has 1 amide bonds. The van der Waals surface area contributed by atoms with Crippen molar-refractivity contribution in [3.05, 3.63) is 42.1 Å². The quantitative estimate of drug-likeness (QED) is 0.866. The van der Waals surface area contributed by atoms with Crippen LogP contribution >= 0.6 is 12.4 Å². The summed E-state index contributed by atoms with van der Waals surface area (Å²) in [6.07, 6.45) is 8.01. The van der Waals surface area contributed by atoms with Gasteiger partial charge in [-0.2, -0.15) is 0 Å². The number of pyridine rings is 1. The standard InChI is InChI=1S/C13H14N4O2.ClH/c1-9-7-17(8-16-9)13-11(19-2)5-10(6-15-13)3-4-12(14)18;/h3-8H,1-2H3,(H2,14,18);1H/b4-3+;. The Morgan fingerprint density at radius 2 is 2.20 bits per heavy atom. The van der Waals surface area contributed by atoms with Crippen molar-refractivity contribution in [2.24, 2.45) is 5.73 Å². The maximum absolute atomic E-state index is 10.7. The largest absolute Gasteiger partial charge is 0.493 e. The molecule has 0 aliphatic carbocycles. The summed E-state index contributed by atoms with van der Waals surface area (Å²) < 4.78 is 7.07. The second-order valence-corrected chi connectivity index (χ2v) is 3.95. The fourth-order valence-corrected chi connectivity index (χ4v) is 1.60. The molecule has 0 aromatic carbocycles. The Labute approximate surface area is 122 Å². The summed E-state index contributed by atoms with van der Waals surface area (Å²) in [5.41, 5.74) is 6.67. The molecule has 0 atom stereocenters. The lowest BCUT2D eigenvalue weighted by Crippen LogP contribution is -2.05. The highest BCUT2D eigenvalue weighted by Crippen LogP contribution is 2.22. The minimum Gasteiger partial charge on any atom is -0.493 e. The predicted octanol–water partition coefficient (Wildman–Crippen LogP) is 1.50. The lowest BCUT2D eigenvalue weighted by Gasteiger charge is -2.08. The van der Waals surface area contributed by atoms with Crippen molar-refractivity contribution >= 4 is 24.4 Å². The van der Waals surface area contributed by atoms with Crippen molar-refractivity contribution in [2.45, 2.75) is 6.92 Å². The number of hydrogen-bond donors (Lipinski definition) is 1. The molecule has 2 N–H and O–H groups in total. The molecule has 0 saturated heterocycles. The topological polar surface area (TPSA) is 83.0 Å². The molecule has 0 unspecified atom stereocenters. The maximum atomic E-state index is 10.7. The Balaban J connectivity index is 0.00000200. The van der Waals surface area contributed by atoms with Crippen molar-refractivity contribution in [3.8, 4) is 11.6 Å². The molecule has 2 heterocycles. The van der Waals surface area contributed by atoms with Crippen LogP contribution in [0, 0.1) is 6.92 Å². The predicted molar refractivity (Wildman–Crippen MR) is 78.1 cm³/mol. The number of nitrogens with zero attached hydrogens (tertiary/aromatic N) is 3. The molecule has 0 bridgehead atoms. The molecular weight excluding hydrogens is 280 g/mol. The van der Waals surface area contributed by atoms with Gasteiger partial charge in [0.05, 0.1) is 12.8 Å². The second-order valence-electron chi connectivity index (χ2n) is 3.95. The lowest BCUT2D eigenvalue weighted by molar-refractivity contribution is -0.113. The summed E-state index contributed by atoms with van der Waals surface area (Å²) in [6.45, 7) is 1.90. The first-order valence-corrected chi connectivity index (χ1v) is 5.62. The number of primary amides is 1. The number of nitrogens with two attached hydrogens (primary N) is 1. The number of aromatic nitrogens is 3. The monoisotopic (exact) mass is 294 g/mol. The number of rotatable bonds is 4. The minimum absolute atomic E-state index is 0. The number of halogens is 1. The summed E-state index contributed by atoms with van der Waals surface area (Å²) in [5, 5.41) is 0. The van der Waals surface area contributed by atoms with E-state index in [2.05, 4.69) is 9.97 Å². The average molecular weight is 295 g/mol. The molecule has 0 saturated carbocycles. The van der Waals surface area contributed by atoms with Crippen molar-refractivity contribution in [1.29, 1.82) is 0 Å². The zero-order valence-electron chi connectivity index (χ0n) is 11.1. The first-order valence-electron chi connectivity index (χ1n) is 5.62. The van der Waals surface area contributed by atoms with Gasteiger partial charge in [0, 0.05) is 18.5 Å². The molecule has 106 valence electrons. The number of ether oxygens (including phenoxy) is 1. The molecule has 0 aliphatic heterocycles. The van der Waals surface area contributed by atoms with E-state index >= 15 is 0 Å². The average Bonchev–Trinajstić information content (AvgIpc) is 2.82. The van der Waals surface area contributed by atoms with Crippen molar-refractivity contribution in [3.63, 3.8) is 0 Å². The number of amides is 1. The smallest absolute Gasteiger partial charge is 0.241 e. The minimum atomic E-state index is -0.506. The molecule has 2 aromatic rings. The van der Waals surface area contributed by atoms with Crippen LogP contribution in [-0.2, 0) is 4.79 Å². The van der Waals surface area contributed by atoms with Crippen LogP contribution in [0.4, 0.5) is 0 Å². The van der Waals surface area contributed by atoms with E-state index in [4.69, 9.17) is 10.5 Å². The van der Waals surface area contributed by atoms with Gasteiger partial charge in [-0.3, -0.25) is 9.36 Å². The van der Waals surface area contributed by atoms with Crippen LogP contribution in [0.2, 0.25) is 0 Å². The summed E-state index contributed by atoms with van der Waals surface area (Å²) >= 11 is 0. The summed E-state index contributed by atoms with van der Waals surface area (Å²) in [7, 11) is 1.56. The van der Waals surface area contributed by atoms with Crippen LogP contribution in [0.15, 0.2) is 30.9 Å². The molecule has 6 nitrogen and oxygen atoms in total. The zero-order chi connectivity index (χ0) is 13.8. The zero-order valence-corrected chi connectivity index (χ0v) is 11.9. The number of aryl methyl sites for hydroxylation is 1. The van der Waals surface area contributed by atoms with Gasteiger partial charge in [0.25, 0.3) is 0 Å². The first kappa shape index (κ1) is 15.7. The van der Waals surface area contributed by atoms with E-state index in [1.54, 1.807) is 36.3 Å². The van der Waals surface area contributed by atoms with E-state index in [1.165, 1.54) is 6.08 Å². The van der Waals surface area contributed by atoms with Gasteiger partial charge in [-0.25, -0.2) is 9.97 Å². The first-order chi connectivity index (χ1) is 9.10. The van der Waals surface area contributed by atoms with Crippen LogP contribution < -0.4 is 10.5 Å². The van der Waals surface area contributed by atoms with E-state index in [1.807, 2.05) is 13.1 Å². The maximum Gasteiger partial charge on any atom is 0.241 e. The van der Waals surface area contributed by atoms with Crippen molar-refractivity contribution in [1.82, 2.24) is 14.5 Å². The Morgan fingerprint density at radius 3 is 2.75 bits per heavy atom. The van der Waals surface area contributed by atoms with Gasteiger partial charge in [-0.15, -0.1) is 12.4 Å². The van der Waals surface area contributed by atoms with Gasteiger partial charge in [-0.05, 0) is 24.6 Å². The second kappa shape index (κ2) is 6.72. The summed E-state index contributed by atoms with van der Waals surface area (Å²) in [4.78, 5) is 19.1. The van der Waals surface area contributed by atoms with Gasteiger partial charge in [0.15, 0.2) is 11.6 Å². The van der Waals surface area contributed by atoms with Gasteiger partial charge in [0.1, 0.15) is 6.33 Å². The highest BCUT2D eigenvalue weighted by molar-refractivity contribution is 5.90. The van der Waals surface area contributed by atoms with Crippen molar-refractivity contribution < 1.29 is 9.53 Å². The normalized spacial score (nSPS) is 10.3. The SMILES string of the molecule is COc1cc(/C=C/C(N)=O)cnc1-n1cnc(C)c1.Cl. The van der Waals surface area contributed by atoms with Crippen LogP contribution in [0.3, 0.4) is 0 Å². The molecule has 0 fully saturated rings. The van der Waals surface area contributed by atoms with Crippen molar-refractivity contribution in [2.75, 3.05) is 7.11 Å². The van der Waals surface area contributed by atoms with Crippen LogP contribution in [-0.4, -0.2) is 27.6 Å². The number of imidazole rings is 1. The Kier molecular flexibility index (Phi) is 5.28. The fraction of sp³-hybridized carbons (Fsp3) is 0.154. The third kappa shape index (κ3) is 3.58. The number of carbonyl (C=O) groups is 1. The molecule has 20 heavy (non-hydrogen) atoms. The molecule has 0 aliphatic rings. The Morgan fingerprint density at radius 1 is 1.45 bits per heavy atom. The highest BCUT2D eigenvalue weighted by atomic mass is 35.5. The van der Waals surface area contributed by atoms with Crippen LogP contribution in [0.5, 0.6) is 5.75 Å². The van der Waals surface area contributed by atoms with Gasteiger partial charge < -0.3 is 10.5 Å². The van der Waals surface area contributed by atoms with E-state index in [-0.39, 0.29) is 12.4 Å². The summed E-state index contributed by atoms with van der Waals surface area (Å²) in [5.74, 6) is 0.719. The summed E-state index contributed by atoms with van der Waals surface area (Å²) in [6, 6.07) is 1.77. The highest BCUT2D eigenvalue weighted by Gasteiger charge is 2.08. The molecule has 2 rings (SSSR count). The number of carbonyl (C=O) groups excluding carboxylic acids is 1. The van der Waals surface area contributed by atoms with E-state index < -0.39 is 5.91 Å². The lowest BCUT2D eigenvalue weighted by atomic mass is 10.2. The van der Waals surface area contributed by atoms with Gasteiger partial charge in [-0.1, -0.05) is 0 Å². The van der Waals surface area contributed by atoms with E-state index in [0.29, 0.717) is 11.6 Å². The Bertz CT molecular complexity index is 637. The van der Waals surface area contributed by atoms with Crippen LogP contribution in [0.25, 0.3) is 11.9 Å². The number of hydrogen-bond acceptors (Lipinski definition) is 4. The number of methoxy groups -OCH3 is 1. The van der Waals surface area contributed by atoms with Crippen LogP contribution in [0.1, 0.15) is 11.3 Å². The van der Waals surface area contributed by atoms with E-state index in [0.717, 1.165) is 11.3 Å².